The quantitative estimate of drug-likeness (QED) is 0.367. The summed E-state index contributed by atoms with van der Waals surface area (Å²) in [7, 11) is -2.00. The second-order valence-electron chi connectivity index (χ2n) is 9.41. The second-order valence-corrected chi connectivity index (χ2v) is 11.4. The van der Waals surface area contributed by atoms with E-state index < -0.39 is 22.6 Å². The number of nitrogens with one attached hydrogen (secondary N) is 2. The first-order valence-corrected chi connectivity index (χ1v) is 14.1. The normalized spacial score (nSPS) is 18.1. The highest BCUT2D eigenvalue weighted by molar-refractivity contribution is 7.90. The van der Waals surface area contributed by atoms with Crippen LogP contribution in [0.1, 0.15) is 31.4 Å². The Bertz CT molecular complexity index is 1460. The zero-order valence-electron chi connectivity index (χ0n) is 21.1. The molecule has 1 aliphatic rings. The molecule has 0 saturated heterocycles. The Morgan fingerprint density at radius 2 is 1.84 bits per heavy atom. The van der Waals surface area contributed by atoms with Crippen molar-refractivity contribution in [3.05, 3.63) is 48.2 Å². The van der Waals surface area contributed by atoms with Crippen molar-refractivity contribution < 1.29 is 31.4 Å². The minimum atomic E-state index is -4.43. The molecular weight excluding hydrogens is 519 g/mol. The first kappa shape index (κ1) is 27.7. The molecule has 0 unspecified atom stereocenters. The third-order valence-electron chi connectivity index (χ3n) is 6.52. The first-order valence-electron chi connectivity index (χ1n) is 12.2. The van der Waals surface area contributed by atoms with E-state index in [1.165, 1.54) is 23.8 Å². The third kappa shape index (κ3) is 6.74. The van der Waals surface area contributed by atoms with E-state index in [-0.39, 0.29) is 29.3 Å². The van der Waals surface area contributed by atoms with Gasteiger partial charge in [0.1, 0.15) is 12.3 Å². The first-order chi connectivity index (χ1) is 17.9. The van der Waals surface area contributed by atoms with Crippen molar-refractivity contribution in [1.82, 2.24) is 4.57 Å². The van der Waals surface area contributed by atoms with Gasteiger partial charge < -0.3 is 25.0 Å². The van der Waals surface area contributed by atoms with Crippen LogP contribution in [0.3, 0.4) is 0 Å². The Labute approximate surface area is 219 Å². The Morgan fingerprint density at radius 1 is 1.11 bits per heavy atom. The van der Waals surface area contributed by atoms with Gasteiger partial charge in [-0.2, -0.15) is 13.2 Å². The molecule has 11 heteroatoms. The van der Waals surface area contributed by atoms with Crippen LogP contribution >= 0.6 is 0 Å². The molecule has 3 N–H and O–H groups in total. The SMILES string of the molecule is COc1cc(S(C)(=O)=O)ccc1NCC#Cc1cc2c(NC3CCC(O)CC3)cccc2n1CC(F)(F)F. The number of benzene rings is 2. The summed E-state index contributed by atoms with van der Waals surface area (Å²) in [6, 6.07) is 11.4. The minimum absolute atomic E-state index is 0.0949. The lowest BCUT2D eigenvalue weighted by atomic mass is 9.93. The third-order valence-corrected chi connectivity index (χ3v) is 7.63. The van der Waals surface area contributed by atoms with E-state index in [9.17, 15) is 26.7 Å². The van der Waals surface area contributed by atoms with Crippen molar-refractivity contribution in [2.75, 3.05) is 30.5 Å². The Morgan fingerprint density at radius 3 is 2.50 bits per heavy atom. The lowest BCUT2D eigenvalue weighted by Crippen LogP contribution is -2.28. The van der Waals surface area contributed by atoms with Gasteiger partial charge in [-0.1, -0.05) is 12.0 Å². The van der Waals surface area contributed by atoms with Crippen LogP contribution in [-0.2, 0) is 16.4 Å². The summed E-state index contributed by atoms with van der Waals surface area (Å²) in [5.74, 6) is 6.04. The van der Waals surface area contributed by atoms with Gasteiger partial charge >= 0.3 is 6.18 Å². The Kier molecular flexibility index (Phi) is 8.13. The fourth-order valence-corrected chi connectivity index (χ4v) is 5.26. The molecule has 0 atom stereocenters. The molecule has 3 aromatic rings. The van der Waals surface area contributed by atoms with Gasteiger partial charge in [0.15, 0.2) is 9.84 Å². The predicted molar refractivity (Wildman–Crippen MR) is 141 cm³/mol. The number of hydrogen-bond acceptors (Lipinski definition) is 6. The number of rotatable bonds is 7. The van der Waals surface area contributed by atoms with Crippen LogP contribution in [0.5, 0.6) is 5.75 Å². The number of sulfone groups is 1. The number of fused-ring (bicyclic) bond motifs is 1. The maximum absolute atomic E-state index is 13.5. The van der Waals surface area contributed by atoms with Crippen LogP contribution in [0.4, 0.5) is 24.5 Å². The highest BCUT2D eigenvalue weighted by Gasteiger charge is 2.30. The zero-order chi connectivity index (χ0) is 27.5. The van der Waals surface area contributed by atoms with Gasteiger partial charge in [0.25, 0.3) is 0 Å². The van der Waals surface area contributed by atoms with Crippen LogP contribution in [0.2, 0.25) is 0 Å². The molecule has 0 aliphatic heterocycles. The van der Waals surface area contributed by atoms with Crippen LogP contribution in [0.15, 0.2) is 47.4 Å². The molecule has 1 saturated carbocycles. The van der Waals surface area contributed by atoms with Gasteiger partial charge in [0.2, 0.25) is 0 Å². The number of nitrogens with zero attached hydrogens (tertiary/aromatic N) is 1. The number of hydrogen-bond donors (Lipinski definition) is 3. The van der Waals surface area contributed by atoms with Gasteiger partial charge in [0.05, 0.1) is 41.6 Å². The van der Waals surface area contributed by atoms with Crippen LogP contribution in [0.25, 0.3) is 10.9 Å². The van der Waals surface area contributed by atoms with Crippen molar-refractivity contribution in [3.8, 4) is 17.6 Å². The monoisotopic (exact) mass is 549 g/mol. The van der Waals surface area contributed by atoms with E-state index in [0.717, 1.165) is 24.8 Å². The van der Waals surface area contributed by atoms with Crippen molar-refractivity contribution >= 4 is 32.1 Å². The van der Waals surface area contributed by atoms with Gasteiger partial charge in [-0.15, -0.1) is 0 Å². The number of aromatic nitrogens is 1. The number of halogens is 3. The molecule has 1 fully saturated rings. The van der Waals surface area contributed by atoms with Crippen molar-refractivity contribution in [2.45, 2.75) is 55.4 Å². The number of anilines is 2. The smallest absolute Gasteiger partial charge is 0.406 e. The van der Waals surface area contributed by atoms with Crippen molar-refractivity contribution in [1.29, 1.82) is 0 Å². The number of alkyl halides is 3. The summed E-state index contributed by atoms with van der Waals surface area (Å²) >= 11 is 0. The highest BCUT2D eigenvalue weighted by Crippen LogP contribution is 2.32. The molecule has 1 heterocycles. The Balaban J connectivity index is 1.59. The lowest BCUT2D eigenvalue weighted by molar-refractivity contribution is -0.140. The topological polar surface area (TPSA) is 92.6 Å². The van der Waals surface area contributed by atoms with Gasteiger partial charge in [-0.05, 0) is 61.9 Å². The highest BCUT2D eigenvalue weighted by atomic mass is 32.2. The maximum atomic E-state index is 13.5. The summed E-state index contributed by atoms with van der Waals surface area (Å²) in [5, 5.41) is 16.9. The fourth-order valence-electron chi connectivity index (χ4n) is 4.63. The van der Waals surface area contributed by atoms with Crippen LogP contribution < -0.4 is 15.4 Å². The van der Waals surface area contributed by atoms with Crippen LogP contribution in [-0.4, -0.2) is 56.3 Å². The molecule has 4 rings (SSSR count). The van der Waals surface area contributed by atoms with Gasteiger partial charge in [-0.25, -0.2) is 8.42 Å². The molecule has 0 spiro atoms. The average Bonchev–Trinajstić information content (AvgIpc) is 3.19. The molecule has 204 valence electrons. The summed E-state index contributed by atoms with van der Waals surface area (Å²) in [6.45, 7) is -1.08. The largest absolute Gasteiger partial charge is 0.495 e. The fraction of sp³-hybridized carbons (Fsp3) is 0.407. The van der Waals surface area contributed by atoms with E-state index in [4.69, 9.17) is 4.74 Å². The van der Waals surface area contributed by atoms with Crippen LogP contribution in [0, 0.1) is 11.8 Å². The molecule has 1 aliphatic carbocycles. The van der Waals surface area contributed by atoms with E-state index >= 15 is 0 Å². The standard InChI is InChI=1S/C27H30F3N3O4S/c1-37-26-16-21(38(2,35)36)12-13-24(26)31-14-4-5-19-15-22-23(32-18-8-10-20(34)11-9-18)6-3-7-25(22)33(19)17-27(28,29)30/h3,6-7,12-13,15-16,18,20,31-32,34H,8-11,14,17H2,1-2H3. The number of aliphatic hydroxyl groups is 1. The molecule has 38 heavy (non-hydrogen) atoms. The van der Waals surface area contributed by atoms with Crippen molar-refractivity contribution in [2.24, 2.45) is 0 Å². The van der Waals surface area contributed by atoms with Gasteiger partial charge in [0, 0.05) is 29.4 Å². The second kappa shape index (κ2) is 11.2. The lowest BCUT2D eigenvalue weighted by Gasteiger charge is -2.27. The maximum Gasteiger partial charge on any atom is 0.406 e. The zero-order valence-corrected chi connectivity index (χ0v) is 21.9. The predicted octanol–water partition coefficient (Wildman–Crippen LogP) is 4.79. The molecule has 0 radical (unpaired) electrons. The number of ether oxygens (including phenoxy) is 1. The molecule has 0 amide bonds. The van der Waals surface area contributed by atoms with E-state index in [2.05, 4.69) is 22.5 Å². The molecule has 2 aromatic carbocycles. The molecule has 7 nitrogen and oxygen atoms in total. The molecular formula is C27H30F3N3O4S. The summed E-state index contributed by atoms with van der Waals surface area (Å²) in [6.07, 6.45) is -0.687. The average molecular weight is 550 g/mol. The minimum Gasteiger partial charge on any atom is -0.495 e. The number of methoxy groups -OCH3 is 1. The van der Waals surface area contributed by atoms with E-state index in [1.807, 2.05) is 6.07 Å². The van der Waals surface area contributed by atoms with E-state index in [0.29, 0.717) is 35.2 Å². The summed E-state index contributed by atoms with van der Waals surface area (Å²) < 4.78 is 70.4. The molecule has 1 aromatic heterocycles. The van der Waals surface area contributed by atoms with Gasteiger partial charge in [-0.3, -0.25) is 0 Å². The van der Waals surface area contributed by atoms with Crippen molar-refractivity contribution in [3.63, 3.8) is 0 Å². The van der Waals surface area contributed by atoms with E-state index in [1.54, 1.807) is 24.3 Å². The summed E-state index contributed by atoms with van der Waals surface area (Å²) in [4.78, 5) is 0.108. The molecule has 0 bridgehead atoms. The number of aliphatic hydroxyl groups excluding tert-OH is 1. The summed E-state index contributed by atoms with van der Waals surface area (Å²) in [5.41, 5.74) is 1.90. The Hall–Kier alpha value is -3.36.